The first-order valence-electron chi connectivity index (χ1n) is 5.85. The Morgan fingerprint density at radius 2 is 1.82 bits per heavy atom. The number of hydrogen-bond acceptors (Lipinski definition) is 5. The maximum Gasteiger partial charge on any atom is 0.225 e. The van der Waals surface area contributed by atoms with Crippen molar-refractivity contribution in [3.05, 3.63) is 35.4 Å². The van der Waals surface area contributed by atoms with Crippen LogP contribution in [0.25, 0.3) is 0 Å². The van der Waals surface area contributed by atoms with E-state index in [0.29, 0.717) is 0 Å². The van der Waals surface area contributed by atoms with Gasteiger partial charge in [-0.3, -0.25) is 0 Å². The predicted octanol–water partition coefficient (Wildman–Crippen LogP) is 2.54. The van der Waals surface area contributed by atoms with Crippen molar-refractivity contribution in [3.8, 4) is 0 Å². The van der Waals surface area contributed by atoms with Crippen LogP contribution in [0.15, 0.2) is 24.3 Å². The van der Waals surface area contributed by atoms with Crippen molar-refractivity contribution in [1.29, 1.82) is 0 Å². The van der Waals surface area contributed by atoms with E-state index in [4.69, 9.17) is 0 Å². The van der Waals surface area contributed by atoms with Crippen LogP contribution in [0.1, 0.15) is 24.5 Å². The maximum atomic E-state index is 3.83. The van der Waals surface area contributed by atoms with Crippen LogP contribution in [0.2, 0.25) is 0 Å². The maximum absolute atomic E-state index is 3.83. The fourth-order valence-electron chi connectivity index (χ4n) is 1.68. The van der Waals surface area contributed by atoms with E-state index in [0.717, 1.165) is 24.5 Å². The number of anilines is 1. The van der Waals surface area contributed by atoms with Crippen LogP contribution in [0.5, 0.6) is 0 Å². The van der Waals surface area contributed by atoms with Gasteiger partial charge in [-0.15, -0.1) is 0 Å². The fraction of sp³-hybridized carbons (Fsp3) is 0.417. The van der Waals surface area contributed by atoms with Gasteiger partial charge in [-0.1, -0.05) is 47.2 Å². The lowest BCUT2D eigenvalue weighted by Gasteiger charge is -2.04. The minimum Gasteiger partial charge on any atom is -0.359 e. The first kappa shape index (κ1) is 12.0. The van der Waals surface area contributed by atoms with Crippen LogP contribution in [-0.4, -0.2) is 21.3 Å². The molecule has 0 atom stereocenters. The lowest BCUT2D eigenvalue weighted by atomic mass is 10.1. The Balaban J connectivity index is 1.79. The van der Waals surface area contributed by atoms with Crippen molar-refractivity contribution in [2.24, 2.45) is 0 Å². The number of rotatable bonds is 6. The molecule has 0 bridgehead atoms. The van der Waals surface area contributed by atoms with Crippen LogP contribution in [0.3, 0.4) is 0 Å². The second-order valence-corrected chi connectivity index (χ2v) is 4.64. The summed E-state index contributed by atoms with van der Waals surface area (Å²) in [6.07, 6.45) is 3.35. The number of aromatic nitrogens is 3. The van der Waals surface area contributed by atoms with Crippen LogP contribution in [0, 0.1) is 0 Å². The molecule has 17 heavy (non-hydrogen) atoms. The molecule has 2 aromatic rings. The molecule has 0 spiro atoms. The Labute approximate surface area is 105 Å². The molecule has 0 aliphatic carbocycles. The lowest BCUT2D eigenvalue weighted by Crippen LogP contribution is -2.04. The largest absolute Gasteiger partial charge is 0.359 e. The van der Waals surface area contributed by atoms with E-state index in [2.05, 4.69) is 51.3 Å². The molecule has 0 saturated heterocycles. The van der Waals surface area contributed by atoms with E-state index in [9.17, 15) is 0 Å². The van der Waals surface area contributed by atoms with Crippen molar-refractivity contribution in [2.75, 3.05) is 11.9 Å². The van der Waals surface area contributed by atoms with Crippen molar-refractivity contribution >= 4 is 16.7 Å². The third-order valence-corrected chi connectivity index (χ3v) is 3.10. The molecule has 1 aromatic heterocycles. The molecule has 1 aromatic carbocycles. The van der Waals surface area contributed by atoms with E-state index in [1.165, 1.54) is 29.1 Å². The summed E-state index contributed by atoms with van der Waals surface area (Å²) in [5.41, 5.74) is 2.76. The number of nitrogens with zero attached hydrogens (tertiary/aromatic N) is 3. The van der Waals surface area contributed by atoms with Gasteiger partial charge in [-0.05, 0) is 29.2 Å². The molecule has 0 aliphatic rings. The third-order valence-electron chi connectivity index (χ3n) is 2.55. The smallest absolute Gasteiger partial charge is 0.225 e. The molecule has 90 valence electrons. The van der Waals surface area contributed by atoms with Gasteiger partial charge in [-0.2, -0.15) is 0 Å². The van der Waals surface area contributed by atoms with Gasteiger partial charge in [0.1, 0.15) is 0 Å². The predicted molar refractivity (Wildman–Crippen MR) is 70.3 cm³/mol. The normalized spacial score (nSPS) is 10.4. The molecule has 0 fully saturated rings. The van der Waals surface area contributed by atoms with Crippen molar-refractivity contribution in [1.82, 2.24) is 14.8 Å². The van der Waals surface area contributed by atoms with Gasteiger partial charge in [0.25, 0.3) is 0 Å². The Bertz CT molecular complexity index is 424. The van der Waals surface area contributed by atoms with E-state index in [-0.39, 0.29) is 0 Å². The quantitative estimate of drug-likeness (QED) is 0.853. The monoisotopic (exact) mass is 248 g/mol. The number of aryl methyl sites for hydroxylation is 1. The summed E-state index contributed by atoms with van der Waals surface area (Å²) in [4.78, 5) is 0. The molecule has 1 N–H and O–H groups in total. The Kier molecular flexibility index (Phi) is 4.44. The molecule has 0 saturated carbocycles. The zero-order valence-corrected chi connectivity index (χ0v) is 10.7. The molecule has 0 radical (unpaired) electrons. The van der Waals surface area contributed by atoms with Crippen LogP contribution in [-0.2, 0) is 12.8 Å². The van der Waals surface area contributed by atoms with Crippen LogP contribution < -0.4 is 5.32 Å². The van der Waals surface area contributed by atoms with Gasteiger partial charge < -0.3 is 5.32 Å². The Morgan fingerprint density at radius 1 is 1.12 bits per heavy atom. The van der Waals surface area contributed by atoms with Gasteiger partial charge in [0.2, 0.25) is 5.13 Å². The minimum absolute atomic E-state index is 0.785. The van der Waals surface area contributed by atoms with Gasteiger partial charge >= 0.3 is 0 Å². The van der Waals surface area contributed by atoms with Gasteiger partial charge in [0.05, 0.1) is 0 Å². The molecule has 0 unspecified atom stereocenters. The highest BCUT2D eigenvalue weighted by Gasteiger charge is 1.97. The highest BCUT2D eigenvalue weighted by Crippen LogP contribution is 2.08. The summed E-state index contributed by atoms with van der Waals surface area (Å²) < 4.78 is 3.70. The van der Waals surface area contributed by atoms with Crippen molar-refractivity contribution < 1.29 is 0 Å². The standard InChI is InChI=1S/C12H16N4S/c1-2-3-10-4-6-11(7-5-10)8-9-13-12-14-15-16-17-12/h4-7H,2-3,8-9H2,1H3,(H,13,14,16). The van der Waals surface area contributed by atoms with E-state index < -0.39 is 0 Å². The van der Waals surface area contributed by atoms with Crippen molar-refractivity contribution in [2.45, 2.75) is 26.2 Å². The molecular formula is C12H16N4S. The number of nitrogens with one attached hydrogen (secondary N) is 1. The van der Waals surface area contributed by atoms with Crippen molar-refractivity contribution in [3.63, 3.8) is 0 Å². The molecule has 2 rings (SSSR count). The van der Waals surface area contributed by atoms with E-state index >= 15 is 0 Å². The Hall–Kier alpha value is -1.49. The Morgan fingerprint density at radius 3 is 2.41 bits per heavy atom. The molecule has 0 amide bonds. The molecule has 0 aliphatic heterocycles. The molecule has 5 heteroatoms. The fourth-order valence-corrected chi connectivity index (χ4v) is 2.07. The summed E-state index contributed by atoms with van der Waals surface area (Å²) >= 11 is 1.28. The van der Waals surface area contributed by atoms with Gasteiger partial charge in [0, 0.05) is 18.1 Å². The average molecular weight is 248 g/mol. The molecule has 4 nitrogen and oxygen atoms in total. The zero-order valence-electron chi connectivity index (χ0n) is 9.89. The summed E-state index contributed by atoms with van der Waals surface area (Å²) in [6, 6.07) is 8.83. The summed E-state index contributed by atoms with van der Waals surface area (Å²) in [5, 5.41) is 11.3. The third kappa shape index (κ3) is 3.78. The first-order valence-corrected chi connectivity index (χ1v) is 6.62. The van der Waals surface area contributed by atoms with Gasteiger partial charge in [-0.25, -0.2) is 0 Å². The van der Waals surface area contributed by atoms with E-state index in [1.54, 1.807) is 0 Å². The van der Waals surface area contributed by atoms with Crippen LogP contribution in [0.4, 0.5) is 5.13 Å². The van der Waals surface area contributed by atoms with Crippen LogP contribution >= 0.6 is 11.5 Å². The zero-order chi connectivity index (χ0) is 11.9. The molecule has 1 heterocycles. The minimum atomic E-state index is 0.785. The second-order valence-electron chi connectivity index (χ2n) is 3.91. The summed E-state index contributed by atoms with van der Waals surface area (Å²) in [6.45, 7) is 3.07. The number of hydrogen-bond donors (Lipinski definition) is 1. The number of benzene rings is 1. The second kappa shape index (κ2) is 6.30. The topological polar surface area (TPSA) is 50.7 Å². The lowest BCUT2D eigenvalue weighted by molar-refractivity contribution is 0.917. The summed E-state index contributed by atoms with van der Waals surface area (Å²) in [7, 11) is 0. The molecular weight excluding hydrogens is 232 g/mol. The highest BCUT2D eigenvalue weighted by molar-refractivity contribution is 7.09. The summed E-state index contributed by atoms with van der Waals surface area (Å²) in [5.74, 6) is 0. The average Bonchev–Trinajstić information content (AvgIpc) is 2.85. The highest BCUT2D eigenvalue weighted by atomic mass is 32.1. The first-order chi connectivity index (χ1) is 8.38. The SMILES string of the molecule is CCCc1ccc(CCNc2nnns2)cc1. The van der Waals surface area contributed by atoms with Gasteiger partial charge in [0.15, 0.2) is 0 Å². The van der Waals surface area contributed by atoms with E-state index in [1.807, 2.05) is 0 Å².